The van der Waals surface area contributed by atoms with Crippen LogP contribution in [0.3, 0.4) is 0 Å². The lowest BCUT2D eigenvalue weighted by molar-refractivity contribution is 0.445. The van der Waals surface area contributed by atoms with Gasteiger partial charge in [-0.3, -0.25) is 4.98 Å². The Morgan fingerprint density at radius 2 is 1.60 bits per heavy atom. The van der Waals surface area contributed by atoms with Crippen molar-refractivity contribution in [1.82, 2.24) is 10.3 Å². The van der Waals surface area contributed by atoms with E-state index in [1.54, 1.807) is 0 Å². The fraction of sp³-hybridized carbons (Fsp3) is 0.353. The van der Waals surface area contributed by atoms with Crippen LogP contribution >= 0.6 is 11.8 Å². The molecule has 0 spiro atoms. The van der Waals surface area contributed by atoms with Crippen molar-refractivity contribution < 1.29 is 0 Å². The van der Waals surface area contributed by atoms with Crippen LogP contribution in [0.5, 0.6) is 0 Å². The normalized spacial score (nSPS) is 17.8. The van der Waals surface area contributed by atoms with Crippen molar-refractivity contribution in [3.8, 4) is 0 Å². The van der Waals surface area contributed by atoms with Crippen molar-refractivity contribution in [3.05, 3.63) is 66.0 Å². The molecule has 0 bridgehead atoms. The zero-order valence-electron chi connectivity index (χ0n) is 11.5. The Hall–Kier alpha value is -1.32. The Bertz CT molecular complexity index is 470. The molecule has 1 N–H and O–H groups in total. The van der Waals surface area contributed by atoms with Crippen LogP contribution in [0.4, 0.5) is 0 Å². The van der Waals surface area contributed by atoms with Crippen molar-refractivity contribution in [2.24, 2.45) is 0 Å². The highest BCUT2D eigenvalue weighted by atomic mass is 32.2. The minimum Gasteiger partial charge on any atom is -0.303 e. The van der Waals surface area contributed by atoms with Crippen LogP contribution in [0.1, 0.15) is 30.0 Å². The number of hydrogen-bond donors (Lipinski definition) is 1. The summed E-state index contributed by atoms with van der Waals surface area (Å²) >= 11 is 2.07. The van der Waals surface area contributed by atoms with Crippen molar-refractivity contribution in [3.63, 3.8) is 0 Å². The molecular weight excluding hydrogens is 264 g/mol. The summed E-state index contributed by atoms with van der Waals surface area (Å²) in [5, 5.41) is 3.85. The molecule has 2 aromatic rings. The maximum absolute atomic E-state index is 4.14. The Morgan fingerprint density at radius 3 is 2.30 bits per heavy atom. The number of hydrogen-bond acceptors (Lipinski definition) is 3. The van der Waals surface area contributed by atoms with E-state index in [1.165, 1.54) is 35.5 Å². The molecule has 0 saturated carbocycles. The molecule has 104 valence electrons. The van der Waals surface area contributed by atoms with Crippen LogP contribution in [-0.4, -0.2) is 22.5 Å². The van der Waals surface area contributed by atoms with Gasteiger partial charge in [-0.05, 0) is 47.6 Å². The van der Waals surface area contributed by atoms with E-state index < -0.39 is 0 Å². The van der Waals surface area contributed by atoms with Gasteiger partial charge < -0.3 is 5.32 Å². The van der Waals surface area contributed by atoms with Crippen molar-refractivity contribution in [1.29, 1.82) is 0 Å². The van der Waals surface area contributed by atoms with Gasteiger partial charge in [-0.15, -0.1) is 0 Å². The highest BCUT2D eigenvalue weighted by Gasteiger charge is 2.20. The first-order valence-electron chi connectivity index (χ1n) is 7.22. The van der Waals surface area contributed by atoms with Gasteiger partial charge in [0.25, 0.3) is 0 Å². The lowest BCUT2D eigenvalue weighted by Crippen LogP contribution is -2.36. The predicted octanol–water partition coefficient (Wildman–Crippen LogP) is 3.66. The van der Waals surface area contributed by atoms with Gasteiger partial charge in [0.2, 0.25) is 0 Å². The second-order valence-electron chi connectivity index (χ2n) is 5.18. The van der Waals surface area contributed by atoms with Gasteiger partial charge in [-0.25, -0.2) is 0 Å². The summed E-state index contributed by atoms with van der Waals surface area (Å²) in [4.78, 5) is 4.14. The van der Waals surface area contributed by atoms with E-state index in [4.69, 9.17) is 0 Å². The summed E-state index contributed by atoms with van der Waals surface area (Å²) in [5.74, 6) is 2.55. The molecule has 1 aromatic heterocycles. The molecule has 1 aliphatic heterocycles. The van der Waals surface area contributed by atoms with Gasteiger partial charge in [0.15, 0.2) is 0 Å². The lowest BCUT2D eigenvalue weighted by atomic mass is 9.97. The van der Waals surface area contributed by atoms with Crippen LogP contribution in [0.2, 0.25) is 0 Å². The van der Waals surface area contributed by atoms with Crippen molar-refractivity contribution in [2.75, 3.05) is 11.5 Å². The van der Waals surface area contributed by atoms with Gasteiger partial charge in [0.1, 0.15) is 0 Å². The molecule has 1 unspecified atom stereocenters. The summed E-state index contributed by atoms with van der Waals surface area (Å²) in [7, 11) is 0. The van der Waals surface area contributed by atoms with Crippen LogP contribution in [0, 0.1) is 0 Å². The van der Waals surface area contributed by atoms with E-state index in [0.717, 1.165) is 0 Å². The van der Waals surface area contributed by atoms with E-state index in [2.05, 4.69) is 64.5 Å². The monoisotopic (exact) mass is 284 g/mol. The predicted molar refractivity (Wildman–Crippen MR) is 86.0 cm³/mol. The Labute approximate surface area is 125 Å². The number of nitrogens with one attached hydrogen (secondary N) is 1. The smallest absolute Gasteiger partial charge is 0.0579 e. The fourth-order valence-corrected chi connectivity index (χ4v) is 3.79. The fourth-order valence-electron chi connectivity index (χ4n) is 2.69. The number of pyridine rings is 1. The molecule has 3 heteroatoms. The average molecular weight is 284 g/mol. The molecule has 1 atom stereocenters. The van der Waals surface area contributed by atoms with Gasteiger partial charge in [-0.2, -0.15) is 11.8 Å². The van der Waals surface area contributed by atoms with Crippen molar-refractivity contribution >= 4 is 11.8 Å². The minimum atomic E-state index is 0.271. The molecular formula is C17H20N2S. The number of rotatable bonds is 4. The maximum Gasteiger partial charge on any atom is 0.0579 e. The largest absolute Gasteiger partial charge is 0.303 e. The summed E-state index contributed by atoms with van der Waals surface area (Å²) in [6.45, 7) is 0. The molecule has 3 rings (SSSR count). The summed E-state index contributed by atoms with van der Waals surface area (Å²) in [6, 6.07) is 15.8. The zero-order valence-corrected chi connectivity index (χ0v) is 12.4. The third-order valence-electron chi connectivity index (χ3n) is 3.80. The van der Waals surface area contributed by atoms with Crippen molar-refractivity contribution in [2.45, 2.75) is 24.9 Å². The van der Waals surface area contributed by atoms with E-state index in [-0.39, 0.29) is 6.04 Å². The summed E-state index contributed by atoms with van der Waals surface area (Å²) in [5.41, 5.74) is 2.63. The number of benzene rings is 1. The zero-order chi connectivity index (χ0) is 13.6. The van der Waals surface area contributed by atoms with Crippen LogP contribution < -0.4 is 5.32 Å². The van der Waals surface area contributed by atoms with Crippen LogP contribution in [0.15, 0.2) is 54.9 Å². The van der Waals surface area contributed by atoms with E-state index in [1.807, 2.05) is 12.4 Å². The summed E-state index contributed by atoms with van der Waals surface area (Å²) < 4.78 is 0. The molecule has 1 saturated heterocycles. The first kappa shape index (κ1) is 13.7. The highest BCUT2D eigenvalue weighted by molar-refractivity contribution is 7.99. The van der Waals surface area contributed by atoms with Gasteiger partial charge >= 0.3 is 0 Å². The third kappa shape index (κ3) is 3.41. The van der Waals surface area contributed by atoms with Gasteiger partial charge in [0, 0.05) is 18.4 Å². The van der Waals surface area contributed by atoms with E-state index in [0.29, 0.717) is 6.04 Å². The topological polar surface area (TPSA) is 24.9 Å². The van der Waals surface area contributed by atoms with Gasteiger partial charge in [0.05, 0.1) is 6.04 Å². The lowest BCUT2D eigenvalue weighted by Gasteiger charge is -2.29. The van der Waals surface area contributed by atoms with E-state index >= 15 is 0 Å². The maximum atomic E-state index is 4.14. The van der Waals surface area contributed by atoms with Crippen LogP contribution in [0.25, 0.3) is 0 Å². The summed E-state index contributed by atoms with van der Waals surface area (Å²) in [6.07, 6.45) is 6.28. The number of thioether (sulfide) groups is 1. The first-order valence-corrected chi connectivity index (χ1v) is 8.37. The average Bonchev–Trinajstić information content (AvgIpc) is 2.55. The second-order valence-corrected chi connectivity index (χ2v) is 6.40. The van der Waals surface area contributed by atoms with Gasteiger partial charge in [-0.1, -0.05) is 30.3 Å². The minimum absolute atomic E-state index is 0.271. The molecule has 1 aliphatic rings. The quantitative estimate of drug-likeness (QED) is 0.927. The Morgan fingerprint density at radius 1 is 0.950 bits per heavy atom. The molecule has 2 nitrogen and oxygen atoms in total. The third-order valence-corrected chi connectivity index (χ3v) is 4.84. The molecule has 1 aromatic carbocycles. The number of nitrogens with zero attached hydrogens (tertiary/aromatic N) is 1. The molecule has 0 amide bonds. The highest BCUT2D eigenvalue weighted by Crippen LogP contribution is 2.25. The first-order chi connectivity index (χ1) is 9.93. The molecule has 1 fully saturated rings. The van der Waals surface area contributed by atoms with E-state index in [9.17, 15) is 0 Å². The van der Waals surface area contributed by atoms with Crippen LogP contribution in [-0.2, 0) is 0 Å². The molecule has 2 heterocycles. The molecule has 0 aliphatic carbocycles. The number of aromatic nitrogens is 1. The molecule has 20 heavy (non-hydrogen) atoms. The second kappa shape index (κ2) is 6.91. The molecule has 0 radical (unpaired) electrons. The SMILES string of the molecule is c1ccc(C(NC2CCSCC2)c2ccncc2)cc1. The Kier molecular flexibility index (Phi) is 4.72. The Balaban J connectivity index is 1.83. The standard InChI is InChI=1S/C17H20N2S/c1-2-4-14(5-3-1)17(15-6-10-18-11-7-15)19-16-8-12-20-13-9-16/h1-7,10-11,16-17,19H,8-9,12-13H2.